The minimum atomic E-state index is 0.237. The van der Waals surface area contributed by atoms with Crippen molar-refractivity contribution >= 4 is 5.91 Å². The average Bonchev–Trinajstić information content (AvgIpc) is 3.17. The van der Waals surface area contributed by atoms with Crippen LogP contribution in [0.25, 0.3) is 0 Å². The Morgan fingerprint density at radius 2 is 2.05 bits per heavy atom. The molecule has 0 bridgehead atoms. The van der Waals surface area contributed by atoms with Crippen LogP contribution in [-0.4, -0.2) is 38.4 Å². The quantitative estimate of drug-likeness (QED) is 0.841. The highest BCUT2D eigenvalue weighted by molar-refractivity contribution is 5.77. The largest absolute Gasteiger partial charge is 0.337 e. The van der Waals surface area contributed by atoms with Gasteiger partial charge in [0.05, 0.1) is 11.4 Å². The van der Waals surface area contributed by atoms with Crippen LogP contribution in [0.4, 0.5) is 0 Å². The number of amides is 1. The van der Waals surface area contributed by atoms with Gasteiger partial charge in [-0.15, -0.1) is 5.10 Å². The molecule has 0 N–H and O–H groups in total. The number of fused-ring (bicyclic) bond motifs is 2. The molecule has 1 saturated heterocycles. The molecule has 1 aromatic heterocycles. The number of aryl methyl sites for hydroxylation is 1. The van der Waals surface area contributed by atoms with Crippen molar-refractivity contribution in [2.45, 2.75) is 71.4 Å². The van der Waals surface area contributed by atoms with Gasteiger partial charge in [0.2, 0.25) is 5.91 Å². The summed E-state index contributed by atoms with van der Waals surface area (Å²) in [5, 5.41) is 8.52. The summed E-state index contributed by atoms with van der Waals surface area (Å²) in [5.74, 6) is 0.918. The van der Waals surface area contributed by atoms with Crippen molar-refractivity contribution < 1.29 is 4.79 Å². The van der Waals surface area contributed by atoms with Crippen LogP contribution in [-0.2, 0) is 24.2 Å². The minimum Gasteiger partial charge on any atom is -0.337 e. The first-order valence-electron chi connectivity index (χ1n) is 8.77. The number of likely N-dealkylation sites (tertiary alicyclic amines) is 1. The fourth-order valence-corrected chi connectivity index (χ4v) is 4.94. The lowest BCUT2D eigenvalue weighted by atomic mass is 9.80. The van der Waals surface area contributed by atoms with Gasteiger partial charge in [0.25, 0.3) is 0 Å². The Bertz CT molecular complexity index is 591. The first kappa shape index (κ1) is 14.2. The van der Waals surface area contributed by atoms with E-state index in [-0.39, 0.29) is 11.3 Å². The lowest BCUT2D eigenvalue weighted by molar-refractivity contribution is -0.133. The minimum absolute atomic E-state index is 0.237. The molecule has 120 valence electrons. The van der Waals surface area contributed by atoms with E-state index in [2.05, 4.69) is 29.1 Å². The van der Waals surface area contributed by atoms with Crippen molar-refractivity contribution in [2.24, 2.45) is 11.3 Å². The van der Waals surface area contributed by atoms with Crippen molar-refractivity contribution in [2.75, 3.05) is 6.54 Å². The monoisotopic (exact) mass is 302 g/mol. The van der Waals surface area contributed by atoms with Crippen LogP contribution in [0.1, 0.15) is 57.3 Å². The number of hydrogen-bond donors (Lipinski definition) is 0. The highest BCUT2D eigenvalue weighted by atomic mass is 16.2. The summed E-state index contributed by atoms with van der Waals surface area (Å²) in [6, 6.07) is 0.460. The van der Waals surface area contributed by atoms with Crippen molar-refractivity contribution in [3.05, 3.63) is 11.4 Å². The maximum Gasteiger partial charge on any atom is 0.244 e. The Kier molecular flexibility index (Phi) is 3.27. The molecule has 0 spiro atoms. The first-order valence-corrected chi connectivity index (χ1v) is 8.77. The van der Waals surface area contributed by atoms with Gasteiger partial charge in [0, 0.05) is 12.6 Å². The summed E-state index contributed by atoms with van der Waals surface area (Å²) < 4.78 is 1.87. The number of aromatic nitrogens is 3. The Morgan fingerprint density at radius 3 is 2.91 bits per heavy atom. The highest BCUT2D eigenvalue weighted by Gasteiger charge is 2.50. The predicted octanol–water partition coefficient (Wildman–Crippen LogP) is 2.19. The summed E-state index contributed by atoms with van der Waals surface area (Å²) in [7, 11) is 0. The fourth-order valence-electron chi connectivity index (χ4n) is 4.94. The molecule has 0 aromatic carbocycles. The van der Waals surface area contributed by atoms with E-state index in [4.69, 9.17) is 0 Å². The third kappa shape index (κ3) is 2.17. The van der Waals surface area contributed by atoms with E-state index in [0.29, 0.717) is 18.5 Å². The number of nitrogens with zero attached hydrogens (tertiary/aromatic N) is 4. The lowest BCUT2D eigenvalue weighted by Crippen LogP contribution is -2.39. The second-order valence-electron chi connectivity index (χ2n) is 7.96. The van der Waals surface area contributed by atoms with Gasteiger partial charge in [-0.1, -0.05) is 25.5 Å². The average molecular weight is 302 g/mol. The van der Waals surface area contributed by atoms with Gasteiger partial charge < -0.3 is 4.90 Å². The Labute approximate surface area is 132 Å². The third-order valence-corrected chi connectivity index (χ3v) is 6.06. The molecule has 2 atom stereocenters. The topological polar surface area (TPSA) is 51.0 Å². The molecule has 0 radical (unpaired) electrons. The fraction of sp³-hybridized carbons (Fsp3) is 0.824. The SMILES string of the molecule is CC1(C)CN(C(=O)Cn2nnc3c2CCCC3)[C@H]2CCC[C@H]21. The van der Waals surface area contributed by atoms with Crippen LogP contribution >= 0.6 is 0 Å². The van der Waals surface area contributed by atoms with Crippen LogP contribution in [0.5, 0.6) is 0 Å². The van der Waals surface area contributed by atoms with Crippen molar-refractivity contribution in [3.8, 4) is 0 Å². The zero-order valence-corrected chi connectivity index (χ0v) is 13.7. The number of carbonyl (C=O) groups excluding carboxylic acids is 1. The highest BCUT2D eigenvalue weighted by Crippen LogP contribution is 2.48. The van der Waals surface area contributed by atoms with Crippen LogP contribution in [0.3, 0.4) is 0 Å². The van der Waals surface area contributed by atoms with Crippen molar-refractivity contribution in [1.82, 2.24) is 19.9 Å². The van der Waals surface area contributed by atoms with E-state index in [1.165, 1.54) is 37.8 Å². The second kappa shape index (κ2) is 5.07. The number of hydrogen-bond acceptors (Lipinski definition) is 3. The molecule has 5 heteroatoms. The standard InChI is InChI=1S/C17H26N4O/c1-17(2)11-20(14-9-5-6-12(14)17)16(22)10-21-15-8-4-3-7-13(15)18-19-21/h12,14H,3-11H2,1-2H3/t12-,14+/m1/s1. The first-order chi connectivity index (χ1) is 10.6. The van der Waals surface area contributed by atoms with E-state index < -0.39 is 0 Å². The zero-order chi connectivity index (χ0) is 15.3. The van der Waals surface area contributed by atoms with Crippen LogP contribution in [0, 0.1) is 11.3 Å². The maximum atomic E-state index is 12.9. The molecular weight excluding hydrogens is 276 g/mol. The van der Waals surface area contributed by atoms with E-state index in [1.807, 2.05) is 4.68 Å². The van der Waals surface area contributed by atoms with Gasteiger partial charge in [0.1, 0.15) is 6.54 Å². The molecule has 0 unspecified atom stereocenters. The van der Waals surface area contributed by atoms with Gasteiger partial charge in [0.15, 0.2) is 0 Å². The number of rotatable bonds is 2. The Balaban J connectivity index is 1.52. The van der Waals surface area contributed by atoms with Gasteiger partial charge >= 0.3 is 0 Å². The van der Waals surface area contributed by atoms with Gasteiger partial charge in [-0.3, -0.25) is 4.79 Å². The smallest absolute Gasteiger partial charge is 0.244 e. The molecule has 2 aliphatic carbocycles. The van der Waals surface area contributed by atoms with Gasteiger partial charge in [-0.05, 0) is 49.9 Å². The number of carbonyl (C=O) groups is 1. The predicted molar refractivity (Wildman–Crippen MR) is 83.3 cm³/mol. The van der Waals surface area contributed by atoms with Crippen LogP contribution < -0.4 is 0 Å². The van der Waals surface area contributed by atoms with E-state index >= 15 is 0 Å². The molecule has 2 fully saturated rings. The molecule has 1 amide bonds. The molecule has 1 aromatic rings. The maximum absolute atomic E-state index is 12.9. The molecule has 1 saturated carbocycles. The molecule has 2 heterocycles. The molecule has 3 aliphatic rings. The second-order valence-corrected chi connectivity index (χ2v) is 7.96. The van der Waals surface area contributed by atoms with Crippen LogP contribution in [0.15, 0.2) is 0 Å². The lowest BCUT2D eigenvalue weighted by Gasteiger charge is -2.24. The molecule has 1 aliphatic heterocycles. The molecule has 22 heavy (non-hydrogen) atoms. The van der Waals surface area contributed by atoms with Gasteiger partial charge in [-0.25, -0.2) is 4.68 Å². The van der Waals surface area contributed by atoms with Crippen molar-refractivity contribution in [1.29, 1.82) is 0 Å². The zero-order valence-electron chi connectivity index (χ0n) is 13.7. The summed E-state index contributed by atoms with van der Waals surface area (Å²) in [6.07, 6.45) is 8.15. The van der Waals surface area contributed by atoms with Crippen LogP contribution in [0.2, 0.25) is 0 Å². The normalized spacial score (nSPS) is 29.5. The van der Waals surface area contributed by atoms with E-state index in [9.17, 15) is 4.79 Å². The van der Waals surface area contributed by atoms with E-state index in [1.54, 1.807) is 0 Å². The molecule has 4 rings (SSSR count). The molecular formula is C17H26N4O. The summed E-state index contributed by atoms with van der Waals surface area (Å²) in [6.45, 7) is 5.92. The third-order valence-electron chi connectivity index (χ3n) is 6.06. The van der Waals surface area contributed by atoms with E-state index in [0.717, 1.165) is 25.1 Å². The Morgan fingerprint density at radius 1 is 1.23 bits per heavy atom. The summed E-state index contributed by atoms with van der Waals surface area (Å²) in [5.41, 5.74) is 2.57. The summed E-state index contributed by atoms with van der Waals surface area (Å²) in [4.78, 5) is 15.0. The Hall–Kier alpha value is -1.39. The van der Waals surface area contributed by atoms with Gasteiger partial charge in [-0.2, -0.15) is 0 Å². The summed E-state index contributed by atoms with van der Waals surface area (Å²) >= 11 is 0. The molecule has 5 nitrogen and oxygen atoms in total. The van der Waals surface area contributed by atoms with Crippen molar-refractivity contribution in [3.63, 3.8) is 0 Å².